The first-order valence-corrected chi connectivity index (χ1v) is 9.58. The summed E-state index contributed by atoms with van der Waals surface area (Å²) in [6, 6.07) is 11.2. The molecule has 0 bridgehead atoms. The number of rotatable bonds is 7. The third kappa shape index (κ3) is 6.10. The molecule has 0 saturated heterocycles. The minimum absolute atomic E-state index is 0.102. The van der Waals surface area contributed by atoms with Crippen molar-refractivity contribution in [2.75, 3.05) is 22.5 Å². The van der Waals surface area contributed by atoms with E-state index in [9.17, 15) is 22.8 Å². The van der Waals surface area contributed by atoms with Crippen LogP contribution in [0.2, 0.25) is 0 Å². The molecule has 30 heavy (non-hydrogen) atoms. The molecule has 5 nitrogen and oxygen atoms in total. The molecule has 1 aliphatic carbocycles. The molecule has 3 N–H and O–H groups in total. The maximum atomic E-state index is 12.6. The van der Waals surface area contributed by atoms with E-state index < -0.39 is 17.6 Å². The van der Waals surface area contributed by atoms with Crippen molar-refractivity contribution >= 4 is 28.9 Å². The van der Waals surface area contributed by atoms with Crippen LogP contribution in [0.1, 0.15) is 24.8 Å². The Morgan fingerprint density at radius 3 is 2.27 bits per heavy atom. The SMILES string of the molecule is O=C(CNc1ccccc1NC(=O)CC1C=CCC1)Nc1ccc(C(F)(F)F)cc1. The molecule has 3 rings (SSSR count). The zero-order chi connectivity index (χ0) is 21.6. The molecule has 0 aliphatic heterocycles. The predicted molar refractivity (Wildman–Crippen MR) is 110 cm³/mol. The first-order chi connectivity index (χ1) is 14.3. The number of hydrogen-bond acceptors (Lipinski definition) is 3. The summed E-state index contributed by atoms with van der Waals surface area (Å²) in [5.41, 5.74) is 0.625. The molecular weight excluding hydrogens is 395 g/mol. The number of carbonyl (C=O) groups excluding carboxylic acids is 2. The van der Waals surface area contributed by atoms with E-state index in [1.807, 2.05) is 0 Å². The summed E-state index contributed by atoms with van der Waals surface area (Å²) < 4.78 is 37.8. The molecule has 158 valence electrons. The van der Waals surface area contributed by atoms with Gasteiger partial charge in [0.25, 0.3) is 0 Å². The molecule has 2 aromatic rings. The number of benzene rings is 2. The number of amides is 2. The van der Waals surface area contributed by atoms with Crippen LogP contribution in [0.5, 0.6) is 0 Å². The lowest BCUT2D eigenvalue weighted by molar-refractivity contribution is -0.137. The zero-order valence-electron chi connectivity index (χ0n) is 16.1. The summed E-state index contributed by atoms with van der Waals surface area (Å²) in [5.74, 6) is -0.276. The Morgan fingerprint density at radius 2 is 1.63 bits per heavy atom. The van der Waals surface area contributed by atoms with Crippen LogP contribution < -0.4 is 16.0 Å². The third-order valence-corrected chi connectivity index (χ3v) is 4.70. The van der Waals surface area contributed by atoms with E-state index >= 15 is 0 Å². The Kier molecular flexibility index (Phi) is 6.76. The number of hydrogen-bond donors (Lipinski definition) is 3. The monoisotopic (exact) mass is 417 g/mol. The molecule has 0 fully saturated rings. The number of alkyl halides is 3. The van der Waals surface area contributed by atoms with Crippen LogP contribution in [0.3, 0.4) is 0 Å². The summed E-state index contributed by atoms with van der Waals surface area (Å²) in [6.07, 6.45) is 2.06. The molecule has 1 aliphatic rings. The van der Waals surface area contributed by atoms with Crippen LogP contribution in [0.15, 0.2) is 60.7 Å². The van der Waals surface area contributed by atoms with Gasteiger partial charge in [0.2, 0.25) is 11.8 Å². The highest BCUT2D eigenvalue weighted by Gasteiger charge is 2.30. The number of nitrogens with one attached hydrogen (secondary N) is 3. The Labute approximate surface area is 172 Å². The predicted octanol–water partition coefficient (Wildman–Crippen LogP) is 5.05. The van der Waals surface area contributed by atoms with Gasteiger partial charge in [-0.25, -0.2) is 0 Å². The fourth-order valence-corrected chi connectivity index (χ4v) is 3.17. The summed E-state index contributed by atoms with van der Waals surface area (Å²) in [5, 5.41) is 8.34. The number of para-hydroxylation sites is 2. The molecule has 2 amide bonds. The topological polar surface area (TPSA) is 70.2 Å². The standard InChI is InChI=1S/C22H22F3N3O2/c23-22(24,25)16-9-11-17(12-10-16)27-21(30)14-26-18-7-3-4-8-19(18)28-20(29)13-15-5-1-2-6-15/h1,3-5,7-12,15,26H,2,6,13-14H2,(H,27,30)(H,28,29). The van der Waals surface area contributed by atoms with Gasteiger partial charge in [0.15, 0.2) is 0 Å². The van der Waals surface area contributed by atoms with E-state index in [0.29, 0.717) is 17.8 Å². The Morgan fingerprint density at radius 1 is 0.933 bits per heavy atom. The van der Waals surface area contributed by atoms with Gasteiger partial charge in [-0.2, -0.15) is 13.2 Å². The second-order valence-corrected chi connectivity index (χ2v) is 7.04. The lowest BCUT2D eigenvalue weighted by Crippen LogP contribution is -2.23. The molecule has 2 aromatic carbocycles. The Balaban J connectivity index is 1.53. The largest absolute Gasteiger partial charge is 0.416 e. The number of carbonyl (C=O) groups is 2. The third-order valence-electron chi connectivity index (χ3n) is 4.70. The van der Waals surface area contributed by atoms with Crippen molar-refractivity contribution in [1.82, 2.24) is 0 Å². The van der Waals surface area contributed by atoms with Gasteiger partial charge in [0.1, 0.15) is 0 Å². The lowest BCUT2D eigenvalue weighted by Gasteiger charge is -2.14. The number of allylic oxidation sites excluding steroid dienone is 2. The molecule has 0 aromatic heterocycles. The van der Waals surface area contributed by atoms with Gasteiger partial charge in [0, 0.05) is 12.1 Å². The highest BCUT2D eigenvalue weighted by molar-refractivity contribution is 5.97. The quantitative estimate of drug-likeness (QED) is 0.552. The molecule has 1 atom stereocenters. The molecular formula is C22H22F3N3O2. The smallest absolute Gasteiger partial charge is 0.374 e. The van der Waals surface area contributed by atoms with Crippen molar-refractivity contribution in [2.24, 2.45) is 5.92 Å². The average molecular weight is 417 g/mol. The van der Waals surface area contributed by atoms with Crippen LogP contribution in [-0.2, 0) is 15.8 Å². The van der Waals surface area contributed by atoms with E-state index in [-0.39, 0.29) is 24.1 Å². The van der Waals surface area contributed by atoms with E-state index in [4.69, 9.17) is 0 Å². The van der Waals surface area contributed by atoms with Crippen molar-refractivity contribution in [3.63, 3.8) is 0 Å². The van der Waals surface area contributed by atoms with Crippen LogP contribution in [0.4, 0.5) is 30.2 Å². The molecule has 0 radical (unpaired) electrons. The van der Waals surface area contributed by atoms with Crippen molar-refractivity contribution < 1.29 is 22.8 Å². The average Bonchev–Trinajstić information content (AvgIpc) is 3.20. The fraction of sp³-hybridized carbons (Fsp3) is 0.273. The second kappa shape index (κ2) is 9.47. The maximum Gasteiger partial charge on any atom is 0.416 e. The first kappa shape index (κ1) is 21.4. The van der Waals surface area contributed by atoms with E-state index in [1.54, 1.807) is 24.3 Å². The Bertz CT molecular complexity index is 924. The highest BCUT2D eigenvalue weighted by atomic mass is 19.4. The minimum atomic E-state index is -4.42. The molecule has 8 heteroatoms. The van der Waals surface area contributed by atoms with Crippen LogP contribution in [0, 0.1) is 5.92 Å². The minimum Gasteiger partial charge on any atom is -0.374 e. The van der Waals surface area contributed by atoms with Crippen molar-refractivity contribution in [3.8, 4) is 0 Å². The van der Waals surface area contributed by atoms with Gasteiger partial charge in [-0.3, -0.25) is 9.59 Å². The van der Waals surface area contributed by atoms with Crippen LogP contribution in [0.25, 0.3) is 0 Å². The second-order valence-electron chi connectivity index (χ2n) is 7.04. The number of halogens is 3. The normalized spacial score (nSPS) is 15.6. The first-order valence-electron chi connectivity index (χ1n) is 9.58. The van der Waals surface area contributed by atoms with E-state index in [0.717, 1.165) is 25.0 Å². The summed E-state index contributed by atoms with van der Waals surface area (Å²) in [7, 11) is 0. The van der Waals surface area contributed by atoms with E-state index in [1.165, 1.54) is 12.1 Å². The fourth-order valence-electron chi connectivity index (χ4n) is 3.17. The maximum absolute atomic E-state index is 12.6. The van der Waals surface area contributed by atoms with Crippen molar-refractivity contribution in [1.29, 1.82) is 0 Å². The Hall–Kier alpha value is -3.29. The van der Waals surface area contributed by atoms with Crippen LogP contribution >= 0.6 is 0 Å². The summed E-state index contributed by atoms with van der Waals surface area (Å²) in [6.45, 7) is -0.112. The summed E-state index contributed by atoms with van der Waals surface area (Å²) >= 11 is 0. The van der Waals surface area contributed by atoms with Gasteiger partial charge in [-0.05, 0) is 55.2 Å². The molecule has 1 unspecified atom stereocenters. The zero-order valence-corrected chi connectivity index (χ0v) is 16.1. The van der Waals surface area contributed by atoms with Crippen LogP contribution in [-0.4, -0.2) is 18.4 Å². The number of anilines is 3. The lowest BCUT2D eigenvalue weighted by atomic mass is 10.0. The van der Waals surface area contributed by atoms with Crippen molar-refractivity contribution in [3.05, 3.63) is 66.2 Å². The summed E-state index contributed by atoms with van der Waals surface area (Å²) in [4.78, 5) is 24.4. The molecule has 0 heterocycles. The van der Waals surface area contributed by atoms with Crippen molar-refractivity contribution in [2.45, 2.75) is 25.4 Å². The van der Waals surface area contributed by atoms with Gasteiger partial charge in [0.05, 0.1) is 23.5 Å². The van der Waals surface area contributed by atoms with Gasteiger partial charge in [-0.15, -0.1) is 0 Å². The highest BCUT2D eigenvalue weighted by Crippen LogP contribution is 2.30. The van der Waals surface area contributed by atoms with Gasteiger partial charge < -0.3 is 16.0 Å². The molecule has 0 spiro atoms. The molecule has 0 saturated carbocycles. The van der Waals surface area contributed by atoms with E-state index in [2.05, 4.69) is 28.1 Å². The van der Waals surface area contributed by atoms with Gasteiger partial charge in [-0.1, -0.05) is 24.3 Å². The van der Waals surface area contributed by atoms with Gasteiger partial charge >= 0.3 is 6.18 Å².